The first-order valence-corrected chi connectivity index (χ1v) is 6.04. The van der Waals surface area contributed by atoms with Crippen LogP contribution in [-0.2, 0) is 0 Å². The molecular weight excluding hydrogens is 244 g/mol. The predicted octanol–water partition coefficient (Wildman–Crippen LogP) is 0.268. The summed E-state index contributed by atoms with van der Waals surface area (Å²) in [7, 11) is 1.62. The lowest BCUT2D eigenvalue weighted by molar-refractivity contribution is 0.0698. The Balaban J connectivity index is 2.71. The molecule has 19 heavy (non-hydrogen) atoms. The fourth-order valence-corrected chi connectivity index (χ4v) is 1.49. The average molecular weight is 262 g/mol. The summed E-state index contributed by atoms with van der Waals surface area (Å²) in [6.07, 6.45) is 1.36. The third kappa shape index (κ3) is 5.08. The molecule has 0 aliphatic carbocycles. The fraction of sp³-hybridized carbons (Fsp3) is 0.429. The summed E-state index contributed by atoms with van der Waals surface area (Å²) in [5.74, 6) is 5.38. The van der Waals surface area contributed by atoms with Gasteiger partial charge in [0.1, 0.15) is 5.69 Å². The van der Waals surface area contributed by atoms with Crippen molar-refractivity contribution in [3.63, 3.8) is 0 Å². The lowest BCUT2D eigenvalue weighted by atomic mass is 10.2. The van der Waals surface area contributed by atoms with Crippen molar-refractivity contribution in [2.45, 2.75) is 19.4 Å². The maximum absolute atomic E-state index is 11.9. The van der Waals surface area contributed by atoms with Crippen LogP contribution in [0.4, 0.5) is 0 Å². The molecular formula is C14H18N2O3. The molecule has 1 heterocycles. The van der Waals surface area contributed by atoms with Gasteiger partial charge in [-0.15, -0.1) is 0 Å². The minimum atomic E-state index is -0.572. The van der Waals surface area contributed by atoms with Gasteiger partial charge in [0.05, 0.1) is 12.7 Å². The van der Waals surface area contributed by atoms with Gasteiger partial charge in [-0.1, -0.05) is 11.8 Å². The number of aliphatic hydroxyl groups is 2. The van der Waals surface area contributed by atoms with Crippen LogP contribution < -0.4 is 0 Å². The van der Waals surface area contributed by atoms with E-state index in [9.17, 15) is 9.90 Å². The Bertz CT molecular complexity index is 472. The van der Waals surface area contributed by atoms with Crippen LogP contribution in [0.3, 0.4) is 0 Å². The number of likely N-dealkylation sites (N-methyl/N-ethyl adjacent to an activating group) is 1. The summed E-state index contributed by atoms with van der Waals surface area (Å²) in [6, 6.07) is 3.31. The van der Waals surface area contributed by atoms with Crippen LogP contribution in [-0.4, -0.2) is 52.3 Å². The van der Waals surface area contributed by atoms with Gasteiger partial charge in [-0.3, -0.25) is 4.79 Å². The van der Waals surface area contributed by atoms with Crippen LogP contribution in [0.25, 0.3) is 0 Å². The summed E-state index contributed by atoms with van der Waals surface area (Å²) in [5, 5.41) is 17.8. The highest BCUT2D eigenvalue weighted by Crippen LogP contribution is 2.03. The molecule has 1 aromatic heterocycles. The molecule has 1 amide bonds. The molecule has 0 aromatic carbocycles. The van der Waals surface area contributed by atoms with Gasteiger partial charge in [0, 0.05) is 31.8 Å². The smallest absolute Gasteiger partial charge is 0.272 e. The number of nitrogens with zero attached hydrogens (tertiary/aromatic N) is 2. The van der Waals surface area contributed by atoms with E-state index in [0.29, 0.717) is 17.7 Å². The average Bonchev–Trinajstić information content (AvgIpc) is 2.38. The highest BCUT2D eigenvalue weighted by Gasteiger charge is 2.14. The lowest BCUT2D eigenvalue weighted by Gasteiger charge is -2.18. The molecule has 0 saturated carbocycles. The Morgan fingerprint density at radius 1 is 1.53 bits per heavy atom. The monoisotopic (exact) mass is 262 g/mol. The highest BCUT2D eigenvalue weighted by molar-refractivity contribution is 5.92. The zero-order valence-corrected chi connectivity index (χ0v) is 11.1. The number of hydrogen-bond acceptors (Lipinski definition) is 4. The first kappa shape index (κ1) is 15.2. The number of aliphatic hydroxyl groups excluding tert-OH is 2. The quantitative estimate of drug-likeness (QED) is 0.764. The van der Waals surface area contributed by atoms with Gasteiger partial charge in [0.25, 0.3) is 5.91 Å². The van der Waals surface area contributed by atoms with E-state index in [4.69, 9.17) is 5.11 Å². The first-order chi connectivity index (χ1) is 9.04. The van der Waals surface area contributed by atoms with Crippen molar-refractivity contribution in [1.82, 2.24) is 9.88 Å². The molecule has 0 fully saturated rings. The number of hydrogen-bond donors (Lipinski definition) is 2. The van der Waals surface area contributed by atoms with Crippen molar-refractivity contribution in [3.05, 3.63) is 29.6 Å². The normalized spacial score (nSPS) is 11.4. The first-order valence-electron chi connectivity index (χ1n) is 6.04. The topological polar surface area (TPSA) is 73.7 Å². The van der Waals surface area contributed by atoms with Gasteiger partial charge in [0.15, 0.2) is 0 Å². The maximum Gasteiger partial charge on any atom is 0.272 e. The molecule has 1 unspecified atom stereocenters. The molecule has 2 N–H and O–H groups in total. The van der Waals surface area contributed by atoms with E-state index >= 15 is 0 Å². The number of rotatable bonds is 4. The van der Waals surface area contributed by atoms with Gasteiger partial charge in [-0.2, -0.15) is 0 Å². The van der Waals surface area contributed by atoms with Gasteiger partial charge >= 0.3 is 0 Å². The van der Waals surface area contributed by atoms with Crippen molar-refractivity contribution < 1.29 is 15.0 Å². The van der Waals surface area contributed by atoms with Crippen molar-refractivity contribution in [1.29, 1.82) is 0 Å². The van der Waals surface area contributed by atoms with Crippen LogP contribution in [0, 0.1) is 11.8 Å². The molecule has 102 valence electrons. The van der Waals surface area contributed by atoms with Gasteiger partial charge < -0.3 is 15.1 Å². The summed E-state index contributed by atoms with van der Waals surface area (Å²) >= 11 is 0. The van der Waals surface area contributed by atoms with E-state index in [1.807, 2.05) is 0 Å². The van der Waals surface area contributed by atoms with Crippen LogP contribution in [0.5, 0.6) is 0 Å². The minimum Gasteiger partial charge on any atom is -0.395 e. The second-order valence-corrected chi connectivity index (χ2v) is 4.24. The number of carbonyl (C=O) groups excluding carboxylic acids is 1. The number of pyridine rings is 1. The second-order valence-electron chi connectivity index (χ2n) is 4.24. The van der Waals surface area contributed by atoms with Gasteiger partial charge in [0.2, 0.25) is 0 Å². The second kappa shape index (κ2) is 7.52. The van der Waals surface area contributed by atoms with Crippen molar-refractivity contribution in [3.8, 4) is 11.8 Å². The summed E-state index contributed by atoms with van der Waals surface area (Å²) in [6.45, 7) is 1.91. The molecule has 1 atom stereocenters. The number of aromatic nitrogens is 1. The Kier molecular flexibility index (Phi) is 6.00. The van der Waals surface area contributed by atoms with E-state index < -0.39 is 6.10 Å². The standard InChI is InChI=1S/C14H18N2O3/c1-11(18)10-16(2)14(19)13-7-6-12(9-15-13)5-3-4-8-17/h6-7,9,11,17-18H,4,8,10H2,1-2H3. The Labute approximate surface area is 112 Å². The van der Waals surface area contributed by atoms with Crippen molar-refractivity contribution >= 4 is 5.91 Å². The SMILES string of the molecule is CC(O)CN(C)C(=O)c1ccc(C#CCCO)cn1. The zero-order valence-electron chi connectivity index (χ0n) is 11.1. The summed E-state index contributed by atoms with van der Waals surface area (Å²) in [5.41, 5.74) is 1.01. The van der Waals surface area contributed by atoms with Gasteiger partial charge in [-0.05, 0) is 19.1 Å². The molecule has 1 aromatic rings. The van der Waals surface area contributed by atoms with E-state index in [1.165, 1.54) is 11.1 Å². The van der Waals surface area contributed by atoms with Crippen LogP contribution in [0.2, 0.25) is 0 Å². The van der Waals surface area contributed by atoms with E-state index in [0.717, 1.165) is 0 Å². The minimum absolute atomic E-state index is 0.0289. The van der Waals surface area contributed by atoms with Gasteiger partial charge in [-0.25, -0.2) is 4.98 Å². The van der Waals surface area contributed by atoms with Crippen molar-refractivity contribution in [2.24, 2.45) is 0 Å². The Morgan fingerprint density at radius 2 is 2.26 bits per heavy atom. The van der Waals surface area contributed by atoms with Crippen LogP contribution in [0.1, 0.15) is 29.4 Å². The Hall–Kier alpha value is -1.90. The Morgan fingerprint density at radius 3 is 2.79 bits per heavy atom. The largest absolute Gasteiger partial charge is 0.395 e. The molecule has 0 radical (unpaired) electrons. The zero-order chi connectivity index (χ0) is 14.3. The van der Waals surface area contributed by atoms with E-state index in [-0.39, 0.29) is 19.1 Å². The molecule has 0 aliphatic rings. The number of carbonyl (C=O) groups is 1. The van der Waals surface area contributed by atoms with E-state index in [2.05, 4.69) is 16.8 Å². The molecule has 5 heteroatoms. The fourth-order valence-electron chi connectivity index (χ4n) is 1.49. The molecule has 5 nitrogen and oxygen atoms in total. The summed E-state index contributed by atoms with van der Waals surface area (Å²) in [4.78, 5) is 17.4. The molecule has 0 aliphatic heterocycles. The molecule has 0 bridgehead atoms. The third-order valence-electron chi connectivity index (χ3n) is 2.34. The molecule has 0 saturated heterocycles. The van der Waals surface area contributed by atoms with Crippen LogP contribution in [0.15, 0.2) is 18.3 Å². The highest BCUT2D eigenvalue weighted by atomic mass is 16.3. The predicted molar refractivity (Wildman–Crippen MR) is 71.5 cm³/mol. The maximum atomic E-state index is 11.9. The van der Waals surface area contributed by atoms with Crippen molar-refractivity contribution in [2.75, 3.05) is 20.2 Å². The number of amides is 1. The lowest BCUT2D eigenvalue weighted by Crippen LogP contribution is -2.33. The summed E-state index contributed by atoms with van der Waals surface area (Å²) < 4.78 is 0. The van der Waals surface area contributed by atoms with Crippen LogP contribution >= 0.6 is 0 Å². The third-order valence-corrected chi connectivity index (χ3v) is 2.34. The molecule has 1 rings (SSSR count). The van der Waals surface area contributed by atoms with E-state index in [1.54, 1.807) is 26.1 Å². The molecule has 0 spiro atoms.